The second-order valence-electron chi connectivity index (χ2n) is 8.70. The van der Waals surface area contributed by atoms with E-state index in [1.54, 1.807) is 0 Å². The number of nitrogens with zero attached hydrogens (tertiary/aromatic N) is 2. The molecule has 0 atom stereocenters. The van der Waals surface area contributed by atoms with E-state index < -0.39 is 5.97 Å². The second kappa shape index (κ2) is 18.2. The Morgan fingerprint density at radius 1 is 0.676 bits per heavy atom. The molecule has 2 aromatic carbocycles. The molecule has 0 saturated carbocycles. The molecule has 204 valence electrons. The number of carbonyl (C=O) groups excluding carboxylic acids is 1. The lowest BCUT2D eigenvalue weighted by molar-refractivity contribution is -0.143. The first-order valence-electron chi connectivity index (χ1n) is 12.7. The van der Waals surface area contributed by atoms with Crippen molar-refractivity contribution in [2.75, 3.05) is 60.2 Å². The Morgan fingerprint density at radius 2 is 1.11 bits per heavy atom. The highest BCUT2D eigenvalue weighted by Gasteiger charge is 2.10. The highest BCUT2D eigenvalue weighted by atomic mass is 35.5. The van der Waals surface area contributed by atoms with E-state index in [1.807, 2.05) is 24.3 Å². The van der Waals surface area contributed by atoms with Crippen molar-refractivity contribution in [2.24, 2.45) is 0 Å². The molecule has 0 spiro atoms. The molecule has 0 aliphatic rings. The molecule has 0 radical (unpaired) electrons. The number of benzene rings is 2. The van der Waals surface area contributed by atoms with Crippen LogP contribution in [0.25, 0.3) is 0 Å². The average molecular weight is 572 g/mol. The molecule has 2 rings (SSSR count). The van der Waals surface area contributed by atoms with Gasteiger partial charge in [-0.25, -0.2) is 0 Å². The van der Waals surface area contributed by atoms with Crippen LogP contribution in [0.4, 0.5) is 11.4 Å². The molecule has 2 aromatic rings. The van der Waals surface area contributed by atoms with Gasteiger partial charge in [-0.1, -0.05) is 24.3 Å². The van der Waals surface area contributed by atoms with Crippen LogP contribution in [0.5, 0.6) is 0 Å². The topological polar surface area (TPSA) is 70.1 Å². The van der Waals surface area contributed by atoms with E-state index in [9.17, 15) is 9.59 Å². The summed E-state index contributed by atoms with van der Waals surface area (Å²) in [6.45, 7) is 2.99. The lowest BCUT2D eigenvalue weighted by Crippen LogP contribution is -2.30. The van der Waals surface area contributed by atoms with Gasteiger partial charge in [0.1, 0.15) is 6.61 Å². The SMILES string of the molecule is O=C(O)CCCc1ccc(N(CCCl)CCOC(=O)CCCc2ccc(N(CCCl)CCCl)cc2)cc1. The maximum absolute atomic E-state index is 12.2. The van der Waals surface area contributed by atoms with E-state index >= 15 is 0 Å². The molecule has 0 saturated heterocycles. The number of anilines is 2. The second-order valence-corrected chi connectivity index (χ2v) is 9.83. The van der Waals surface area contributed by atoms with Crippen LogP contribution >= 0.6 is 34.8 Å². The van der Waals surface area contributed by atoms with Crippen molar-refractivity contribution in [2.45, 2.75) is 38.5 Å². The van der Waals surface area contributed by atoms with Crippen LogP contribution in [0.3, 0.4) is 0 Å². The molecule has 0 amide bonds. The minimum atomic E-state index is -0.776. The van der Waals surface area contributed by atoms with E-state index in [4.69, 9.17) is 44.6 Å². The summed E-state index contributed by atoms with van der Waals surface area (Å²) >= 11 is 17.8. The van der Waals surface area contributed by atoms with Gasteiger partial charge >= 0.3 is 11.9 Å². The standard InChI is InChI=1S/C28H37Cl3N2O4/c29-15-18-32(19-16-30)25-11-7-24(8-12-25)4-2-6-28(36)37-22-21-33(20-17-31)26-13-9-23(10-14-26)3-1-5-27(34)35/h7-14H,1-6,15-22H2,(H,34,35). The van der Waals surface area contributed by atoms with Crippen molar-refractivity contribution >= 4 is 58.1 Å². The summed E-state index contributed by atoms with van der Waals surface area (Å²) in [5, 5.41) is 8.78. The van der Waals surface area contributed by atoms with Gasteiger partial charge in [0.2, 0.25) is 0 Å². The quantitative estimate of drug-likeness (QED) is 0.165. The normalized spacial score (nSPS) is 10.8. The van der Waals surface area contributed by atoms with Crippen LogP contribution in [0.15, 0.2) is 48.5 Å². The molecule has 0 heterocycles. The third kappa shape index (κ3) is 12.3. The maximum Gasteiger partial charge on any atom is 0.305 e. The van der Waals surface area contributed by atoms with Gasteiger partial charge in [-0.3, -0.25) is 9.59 Å². The zero-order valence-corrected chi connectivity index (χ0v) is 23.5. The van der Waals surface area contributed by atoms with Crippen molar-refractivity contribution in [3.8, 4) is 0 Å². The minimum absolute atomic E-state index is 0.167. The number of carboxylic acids is 1. The van der Waals surface area contributed by atoms with Crippen molar-refractivity contribution in [1.29, 1.82) is 0 Å². The highest BCUT2D eigenvalue weighted by Crippen LogP contribution is 2.18. The zero-order chi connectivity index (χ0) is 26.9. The average Bonchev–Trinajstić information content (AvgIpc) is 2.89. The summed E-state index contributed by atoms with van der Waals surface area (Å²) < 4.78 is 5.47. The lowest BCUT2D eigenvalue weighted by Gasteiger charge is -2.24. The Morgan fingerprint density at radius 3 is 1.54 bits per heavy atom. The summed E-state index contributed by atoms with van der Waals surface area (Å²) in [4.78, 5) is 27.2. The Hall–Kier alpha value is -2.15. The van der Waals surface area contributed by atoms with Gasteiger partial charge in [0, 0.05) is 61.5 Å². The van der Waals surface area contributed by atoms with E-state index in [0.717, 1.165) is 49.3 Å². The zero-order valence-electron chi connectivity index (χ0n) is 21.2. The van der Waals surface area contributed by atoms with Crippen LogP contribution < -0.4 is 9.80 Å². The van der Waals surface area contributed by atoms with Gasteiger partial charge in [-0.05, 0) is 61.1 Å². The summed E-state index contributed by atoms with van der Waals surface area (Å²) in [6.07, 6.45) is 3.40. The van der Waals surface area contributed by atoms with Gasteiger partial charge in [0.05, 0.1) is 6.54 Å². The third-order valence-electron chi connectivity index (χ3n) is 5.99. The number of aliphatic carboxylic acids is 1. The first kappa shape index (κ1) is 31.1. The first-order valence-corrected chi connectivity index (χ1v) is 14.3. The summed E-state index contributed by atoms with van der Waals surface area (Å²) in [6, 6.07) is 16.3. The number of halogens is 3. The first-order chi connectivity index (χ1) is 18.0. The molecule has 0 unspecified atom stereocenters. The fourth-order valence-corrected chi connectivity index (χ4v) is 4.63. The van der Waals surface area contributed by atoms with Crippen molar-refractivity contribution in [3.05, 3.63) is 59.7 Å². The van der Waals surface area contributed by atoms with E-state index in [-0.39, 0.29) is 12.4 Å². The number of rotatable bonds is 19. The lowest BCUT2D eigenvalue weighted by atomic mass is 10.1. The molecule has 6 nitrogen and oxygen atoms in total. The monoisotopic (exact) mass is 570 g/mol. The minimum Gasteiger partial charge on any atom is -0.481 e. The summed E-state index contributed by atoms with van der Waals surface area (Å²) in [5.74, 6) is 0.580. The largest absolute Gasteiger partial charge is 0.481 e. The predicted octanol–water partition coefficient (Wildman–Crippen LogP) is 5.99. The molecule has 0 fully saturated rings. The Kier molecular flexibility index (Phi) is 15.2. The molecule has 9 heteroatoms. The number of ether oxygens (including phenoxy) is 1. The van der Waals surface area contributed by atoms with E-state index in [2.05, 4.69) is 34.1 Å². The molecule has 37 heavy (non-hydrogen) atoms. The summed E-state index contributed by atoms with van der Waals surface area (Å²) in [5.41, 5.74) is 4.37. The molecule has 0 bridgehead atoms. The van der Waals surface area contributed by atoms with Crippen molar-refractivity contribution in [1.82, 2.24) is 0 Å². The molecule has 0 aliphatic carbocycles. The Bertz CT molecular complexity index is 920. The van der Waals surface area contributed by atoms with E-state index in [1.165, 1.54) is 5.56 Å². The number of carboxylic acid groups (broad SMARTS) is 1. The molecule has 0 aliphatic heterocycles. The van der Waals surface area contributed by atoms with Crippen LogP contribution in [-0.4, -0.2) is 67.5 Å². The summed E-state index contributed by atoms with van der Waals surface area (Å²) in [7, 11) is 0. The van der Waals surface area contributed by atoms with Crippen molar-refractivity contribution < 1.29 is 19.4 Å². The fraction of sp³-hybridized carbons (Fsp3) is 0.500. The van der Waals surface area contributed by atoms with E-state index in [0.29, 0.717) is 50.2 Å². The maximum atomic E-state index is 12.2. The Balaban J connectivity index is 1.72. The number of hydrogen-bond donors (Lipinski definition) is 1. The Labute approximate surface area is 235 Å². The van der Waals surface area contributed by atoms with Gasteiger partial charge in [-0.15, -0.1) is 34.8 Å². The molecular weight excluding hydrogens is 535 g/mol. The molecule has 0 aromatic heterocycles. The van der Waals surface area contributed by atoms with Crippen molar-refractivity contribution in [3.63, 3.8) is 0 Å². The smallest absolute Gasteiger partial charge is 0.305 e. The van der Waals surface area contributed by atoms with Crippen LogP contribution in [-0.2, 0) is 27.2 Å². The number of hydrogen-bond acceptors (Lipinski definition) is 5. The van der Waals surface area contributed by atoms with Crippen LogP contribution in [0.2, 0.25) is 0 Å². The number of esters is 1. The number of alkyl halides is 3. The predicted molar refractivity (Wildman–Crippen MR) is 154 cm³/mol. The number of aryl methyl sites for hydroxylation is 2. The number of carbonyl (C=O) groups is 2. The molecular formula is C28H37Cl3N2O4. The van der Waals surface area contributed by atoms with Crippen LogP contribution in [0.1, 0.15) is 36.8 Å². The van der Waals surface area contributed by atoms with Gasteiger partial charge in [0.15, 0.2) is 0 Å². The van der Waals surface area contributed by atoms with Gasteiger partial charge in [-0.2, -0.15) is 0 Å². The van der Waals surface area contributed by atoms with Gasteiger partial charge in [0.25, 0.3) is 0 Å². The fourth-order valence-electron chi connectivity index (χ4n) is 4.02. The van der Waals surface area contributed by atoms with Crippen LogP contribution in [0, 0.1) is 0 Å². The molecule has 1 N–H and O–H groups in total. The highest BCUT2D eigenvalue weighted by molar-refractivity contribution is 6.18. The van der Waals surface area contributed by atoms with Gasteiger partial charge < -0.3 is 19.6 Å². The third-order valence-corrected chi connectivity index (χ3v) is 6.50.